The van der Waals surface area contributed by atoms with E-state index in [4.69, 9.17) is 17.0 Å². The first-order chi connectivity index (χ1) is 11.9. The quantitative estimate of drug-likeness (QED) is 0.281. The van der Waals surface area contributed by atoms with E-state index in [2.05, 4.69) is 5.32 Å². The number of nitrogens with one attached hydrogen (secondary N) is 2. The molecule has 0 radical (unpaired) electrons. The zero-order valence-electron chi connectivity index (χ0n) is 14.5. The standard InChI is InChI=1S/C19H23ClN2O2S/c1-10-13(7-8-14(20)18(10)25-9-11-3-4-11)17(23)15(19(24)22-2)16(21)12-5-6-12/h7-8,11-12,21,23H,3-6,9H2,1-2H3,(H,22,24). The molecule has 0 heterocycles. The molecule has 3 N–H and O–H groups in total. The minimum absolute atomic E-state index is 0.0748. The number of aliphatic hydroxyl groups is 1. The third kappa shape index (κ3) is 4.04. The van der Waals surface area contributed by atoms with E-state index in [0.29, 0.717) is 10.6 Å². The maximum absolute atomic E-state index is 12.3. The molecule has 1 amide bonds. The first-order valence-electron chi connectivity index (χ1n) is 8.60. The van der Waals surface area contributed by atoms with Crippen molar-refractivity contribution in [1.29, 1.82) is 5.41 Å². The summed E-state index contributed by atoms with van der Waals surface area (Å²) in [5.41, 5.74) is 1.74. The second-order valence-electron chi connectivity index (χ2n) is 6.79. The average molecular weight is 379 g/mol. The van der Waals surface area contributed by atoms with Crippen LogP contribution in [0, 0.1) is 24.2 Å². The van der Waals surface area contributed by atoms with Crippen LogP contribution in [0.5, 0.6) is 0 Å². The van der Waals surface area contributed by atoms with Crippen LogP contribution in [0.25, 0.3) is 5.76 Å². The van der Waals surface area contributed by atoms with Crippen molar-refractivity contribution >= 4 is 40.7 Å². The Hall–Kier alpha value is -1.46. The summed E-state index contributed by atoms with van der Waals surface area (Å²) in [6.45, 7) is 1.91. The van der Waals surface area contributed by atoms with Gasteiger partial charge in [-0.05, 0) is 56.2 Å². The number of hydrogen-bond acceptors (Lipinski definition) is 4. The van der Waals surface area contributed by atoms with Gasteiger partial charge in [-0.1, -0.05) is 11.6 Å². The van der Waals surface area contributed by atoms with E-state index in [1.54, 1.807) is 23.9 Å². The van der Waals surface area contributed by atoms with Crippen molar-refractivity contribution in [3.05, 3.63) is 33.9 Å². The summed E-state index contributed by atoms with van der Waals surface area (Å²) in [4.78, 5) is 13.2. The molecule has 2 saturated carbocycles. The monoisotopic (exact) mass is 378 g/mol. The molecular formula is C19H23ClN2O2S. The lowest BCUT2D eigenvalue weighted by Gasteiger charge is -2.16. The molecule has 0 bridgehead atoms. The number of halogens is 1. The Balaban J connectivity index is 2.00. The molecule has 0 spiro atoms. The largest absolute Gasteiger partial charge is 0.506 e. The van der Waals surface area contributed by atoms with E-state index in [-0.39, 0.29) is 23.0 Å². The molecule has 0 atom stereocenters. The fourth-order valence-electron chi connectivity index (χ4n) is 2.77. The predicted octanol–water partition coefficient (Wildman–Crippen LogP) is 4.60. The van der Waals surface area contributed by atoms with Crippen molar-refractivity contribution in [3.8, 4) is 0 Å². The number of amides is 1. The normalized spacial score (nSPS) is 17.9. The number of likely N-dealkylation sites (N-methyl/N-ethyl adjacent to an activating group) is 1. The molecule has 4 nitrogen and oxygen atoms in total. The third-order valence-corrected chi connectivity index (χ3v) is 6.60. The highest BCUT2D eigenvalue weighted by Crippen LogP contribution is 2.41. The first kappa shape index (κ1) is 18.3. The molecule has 3 rings (SSSR count). The van der Waals surface area contributed by atoms with Gasteiger partial charge in [-0.2, -0.15) is 0 Å². The average Bonchev–Trinajstić information content (AvgIpc) is 3.47. The summed E-state index contributed by atoms with van der Waals surface area (Å²) < 4.78 is 0. The Morgan fingerprint density at radius 3 is 2.60 bits per heavy atom. The molecule has 0 aromatic heterocycles. The molecule has 0 saturated heterocycles. The Morgan fingerprint density at radius 1 is 1.36 bits per heavy atom. The molecule has 25 heavy (non-hydrogen) atoms. The lowest BCUT2D eigenvalue weighted by molar-refractivity contribution is -0.116. The van der Waals surface area contributed by atoms with Gasteiger partial charge in [0.1, 0.15) is 11.3 Å². The summed E-state index contributed by atoms with van der Waals surface area (Å²) in [6.07, 6.45) is 4.34. The molecule has 134 valence electrons. The van der Waals surface area contributed by atoms with Gasteiger partial charge in [0.05, 0.1) is 10.7 Å². The van der Waals surface area contributed by atoms with Crippen LogP contribution in [0.2, 0.25) is 5.02 Å². The smallest absolute Gasteiger partial charge is 0.256 e. The molecular weight excluding hydrogens is 356 g/mol. The number of thioether (sulfide) groups is 1. The fourth-order valence-corrected chi connectivity index (χ4v) is 4.41. The minimum atomic E-state index is -0.420. The zero-order chi connectivity index (χ0) is 18.1. The number of carbonyl (C=O) groups excluding carboxylic acids is 1. The zero-order valence-corrected chi connectivity index (χ0v) is 16.1. The van der Waals surface area contributed by atoms with Crippen LogP contribution in [0.1, 0.15) is 36.8 Å². The van der Waals surface area contributed by atoms with Crippen molar-refractivity contribution in [2.75, 3.05) is 12.8 Å². The van der Waals surface area contributed by atoms with E-state index < -0.39 is 5.91 Å². The van der Waals surface area contributed by atoms with Gasteiger partial charge in [-0.15, -0.1) is 11.8 Å². The highest BCUT2D eigenvalue weighted by molar-refractivity contribution is 7.99. The van der Waals surface area contributed by atoms with E-state index in [9.17, 15) is 9.90 Å². The summed E-state index contributed by atoms with van der Waals surface area (Å²) in [7, 11) is 1.52. The van der Waals surface area contributed by atoms with Crippen LogP contribution in [0.3, 0.4) is 0 Å². The van der Waals surface area contributed by atoms with Gasteiger partial charge in [0.2, 0.25) is 0 Å². The fraction of sp³-hybridized carbons (Fsp3) is 0.474. The summed E-state index contributed by atoms with van der Waals surface area (Å²) in [6, 6.07) is 3.49. The third-order valence-electron chi connectivity index (χ3n) is 4.72. The van der Waals surface area contributed by atoms with Gasteiger partial charge in [0.25, 0.3) is 5.91 Å². The van der Waals surface area contributed by atoms with Crippen molar-refractivity contribution < 1.29 is 9.90 Å². The molecule has 0 aliphatic heterocycles. The van der Waals surface area contributed by atoms with Crippen LogP contribution in [0.4, 0.5) is 0 Å². The van der Waals surface area contributed by atoms with Crippen LogP contribution in [-0.4, -0.2) is 29.5 Å². The highest BCUT2D eigenvalue weighted by Gasteiger charge is 2.33. The molecule has 1 aromatic rings. The van der Waals surface area contributed by atoms with E-state index >= 15 is 0 Å². The lowest BCUT2D eigenvalue weighted by Crippen LogP contribution is -2.27. The number of rotatable bonds is 7. The number of benzene rings is 1. The Kier molecular flexibility index (Phi) is 5.44. The summed E-state index contributed by atoms with van der Waals surface area (Å²) in [5, 5.41) is 22.3. The number of aliphatic hydroxyl groups excluding tert-OH is 1. The topological polar surface area (TPSA) is 73.2 Å². The summed E-state index contributed by atoms with van der Waals surface area (Å²) >= 11 is 8.07. The highest BCUT2D eigenvalue weighted by atomic mass is 35.5. The number of hydrogen-bond donors (Lipinski definition) is 3. The molecule has 2 aliphatic rings. The van der Waals surface area contributed by atoms with Crippen molar-refractivity contribution in [2.45, 2.75) is 37.5 Å². The lowest BCUT2D eigenvalue weighted by atomic mass is 9.98. The van der Waals surface area contributed by atoms with Crippen molar-refractivity contribution in [1.82, 2.24) is 5.32 Å². The van der Waals surface area contributed by atoms with Gasteiger partial charge in [-0.25, -0.2) is 0 Å². The Labute approximate surface area is 157 Å². The molecule has 1 aromatic carbocycles. The van der Waals surface area contributed by atoms with Crippen LogP contribution < -0.4 is 5.32 Å². The second-order valence-corrected chi connectivity index (χ2v) is 8.23. The van der Waals surface area contributed by atoms with Gasteiger partial charge >= 0.3 is 0 Å². The van der Waals surface area contributed by atoms with E-state index in [1.807, 2.05) is 6.92 Å². The Bertz CT molecular complexity index is 752. The predicted molar refractivity (Wildman–Crippen MR) is 104 cm³/mol. The van der Waals surface area contributed by atoms with E-state index in [0.717, 1.165) is 35.0 Å². The molecule has 2 aliphatic carbocycles. The summed E-state index contributed by atoms with van der Waals surface area (Å²) in [5.74, 6) is 1.31. The maximum atomic E-state index is 12.3. The first-order valence-corrected chi connectivity index (χ1v) is 9.96. The van der Waals surface area contributed by atoms with Crippen molar-refractivity contribution in [3.63, 3.8) is 0 Å². The van der Waals surface area contributed by atoms with Crippen LogP contribution in [-0.2, 0) is 4.79 Å². The maximum Gasteiger partial charge on any atom is 0.256 e. The minimum Gasteiger partial charge on any atom is -0.506 e. The van der Waals surface area contributed by atoms with Gasteiger partial charge in [0.15, 0.2) is 0 Å². The van der Waals surface area contributed by atoms with Gasteiger partial charge in [-0.3, -0.25) is 4.79 Å². The second kappa shape index (κ2) is 7.42. The van der Waals surface area contributed by atoms with Crippen molar-refractivity contribution in [2.24, 2.45) is 11.8 Å². The molecule has 6 heteroatoms. The molecule has 0 unspecified atom stereocenters. The Morgan fingerprint density at radius 2 is 2.04 bits per heavy atom. The van der Waals surface area contributed by atoms with Crippen LogP contribution >= 0.6 is 23.4 Å². The van der Waals surface area contributed by atoms with Gasteiger partial charge in [0, 0.05) is 29.2 Å². The SMILES string of the molecule is CNC(=O)C(C(=N)C1CC1)=C(O)c1ccc(Cl)c(SCC2CC2)c1C. The van der Waals surface area contributed by atoms with Crippen LogP contribution in [0.15, 0.2) is 22.6 Å². The molecule has 2 fully saturated rings. The van der Waals surface area contributed by atoms with Gasteiger partial charge < -0.3 is 15.8 Å². The van der Waals surface area contributed by atoms with E-state index in [1.165, 1.54) is 19.9 Å². The number of carbonyl (C=O) groups is 1.